The first kappa shape index (κ1) is 15.5. The summed E-state index contributed by atoms with van der Waals surface area (Å²) in [7, 11) is 0. The van der Waals surface area contributed by atoms with Crippen LogP contribution in [-0.2, 0) is 11.2 Å². The highest BCUT2D eigenvalue weighted by Crippen LogP contribution is 2.15. The summed E-state index contributed by atoms with van der Waals surface area (Å²) in [5.74, 6) is 0.342. The third kappa shape index (κ3) is 5.55. The first-order chi connectivity index (χ1) is 10.1. The van der Waals surface area contributed by atoms with Crippen LogP contribution in [0.4, 0.5) is 4.39 Å². The average Bonchev–Trinajstić information content (AvgIpc) is 2.48. The molecular formula is C16H15BrFNO2. The number of halogens is 2. The minimum atomic E-state index is -0.304. The van der Waals surface area contributed by atoms with Gasteiger partial charge in [0.25, 0.3) is 0 Å². The molecule has 0 heterocycles. The van der Waals surface area contributed by atoms with Gasteiger partial charge in [0.15, 0.2) is 0 Å². The van der Waals surface area contributed by atoms with Gasteiger partial charge >= 0.3 is 0 Å². The molecule has 0 aromatic heterocycles. The molecule has 0 aliphatic carbocycles. The molecule has 110 valence electrons. The van der Waals surface area contributed by atoms with E-state index in [2.05, 4.69) is 21.2 Å². The number of nitrogens with one attached hydrogen (secondary N) is 1. The highest BCUT2D eigenvalue weighted by Gasteiger charge is 2.03. The van der Waals surface area contributed by atoms with Crippen molar-refractivity contribution >= 4 is 21.8 Å². The van der Waals surface area contributed by atoms with Crippen LogP contribution in [-0.4, -0.2) is 19.1 Å². The number of hydrogen-bond donors (Lipinski definition) is 1. The smallest absolute Gasteiger partial charge is 0.224 e. The summed E-state index contributed by atoms with van der Waals surface area (Å²) in [4.78, 5) is 11.7. The van der Waals surface area contributed by atoms with E-state index in [1.807, 2.05) is 24.3 Å². The number of amides is 1. The Morgan fingerprint density at radius 2 is 1.76 bits per heavy atom. The van der Waals surface area contributed by atoms with E-state index >= 15 is 0 Å². The molecule has 2 rings (SSSR count). The van der Waals surface area contributed by atoms with Crippen LogP contribution < -0.4 is 10.1 Å². The van der Waals surface area contributed by atoms with Crippen molar-refractivity contribution in [3.63, 3.8) is 0 Å². The number of carbonyl (C=O) groups is 1. The number of rotatable bonds is 6. The van der Waals surface area contributed by atoms with Gasteiger partial charge in [0.05, 0.1) is 13.0 Å². The Balaban J connectivity index is 1.67. The van der Waals surface area contributed by atoms with Gasteiger partial charge in [0, 0.05) is 4.47 Å². The largest absolute Gasteiger partial charge is 0.492 e. The molecule has 0 saturated carbocycles. The normalized spacial score (nSPS) is 10.2. The molecular weight excluding hydrogens is 337 g/mol. The predicted molar refractivity (Wildman–Crippen MR) is 82.8 cm³/mol. The lowest BCUT2D eigenvalue weighted by molar-refractivity contribution is -0.120. The molecule has 21 heavy (non-hydrogen) atoms. The van der Waals surface area contributed by atoms with Crippen LogP contribution in [0.2, 0.25) is 0 Å². The zero-order valence-corrected chi connectivity index (χ0v) is 12.9. The van der Waals surface area contributed by atoms with Gasteiger partial charge in [-0.15, -0.1) is 0 Å². The summed E-state index contributed by atoms with van der Waals surface area (Å²) in [5, 5.41) is 2.76. The lowest BCUT2D eigenvalue weighted by Gasteiger charge is -2.08. The summed E-state index contributed by atoms with van der Waals surface area (Å²) < 4.78 is 19.2. The Labute approximate surface area is 131 Å². The van der Waals surface area contributed by atoms with Crippen molar-refractivity contribution in [2.45, 2.75) is 6.42 Å². The van der Waals surface area contributed by atoms with E-state index in [4.69, 9.17) is 4.74 Å². The summed E-state index contributed by atoms with van der Waals surface area (Å²) >= 11 is 3.35. The Morgan fingerprint density at radius 1 is 1.10 bits per heavy atom. The third-order valence-corrected chi connectivity index (χ3v) is 3.31. The van der Waals surface area contributed by atoms with Crippen LogP contribution in [0.3, 0.4) is 0 Å². The number of benzene rings is 2. The zero-order valence-electron chi connectivity index (χ0n) is 11.3. The van der Waals surface area contributed by atoms with E-state index in [9.17, 15) is 9.18 Å². The van der Waals surface area contributed by atoms with Crippen LogP contribution in [0.15, 0.2) is 53.0 Å². The summed E-state index contributed by atoms with van der Waals surface area (Å²) in [6, 6.07) is 13.4. The van der Waals surface area contributed by atoms with Gasteiger partial charge in [-0.1, -0.05) is 28.1 Å². The maximum absolute atomic E-state index is 12.7. The Morgan fingerprint density at radius 3 is 2.43 bits per heavy atom. The monoisotopic (exact) mass is 351 g/mol. The van der Waals surface area contributed by atoms with Gasteiger partial charge in [-0.3, -0.25) is 4.79 Å². The second-order valence-electron chi connectivity index (χ2n) is 4.46. The van der Waals surface area contributed by atoms with Crippen LogP contribution >= 0.6 is 15.9 Å². The Hall–Kier alpha value is -1.88. The topological polar surface area (TPSA) is 38.3 Å². The van der Waals surface area contributed by atoms with E-state index in [1.165, 1.54) is 12.1 Å². The second-order valence-corrected chi connectivity index (χ2v) is 5.37. The predicted octanol–water partition coefficient (Wildman–Crippen LogP) is 3.33. The first-order valence-corrected chi connectivity index (χ1v) is 7.32. The maximum atomic E-state index is 12.7. The highest BCUT2D eigenvalue weighted by molar-refractivity contribution is 9.10. The molecule has 0 aliphatic heterocycles. The lowest BCUT2D eigenvalue weighted by Crippen LogP contribution is -2.29. The number of hydrogen-bond acceptors (Lipinski definition) is 2. The molecule has 3 nitrogen and oxygen atoms in total. The van der Waals surface area contributed by atoms with Crippen molar-refractivity contribution in [3.8, 4) is 5.75 Å². The quantitative estimate of drug-likeness (QED) is 0.810. The molecule has 0 spiro atoms. The summed E-state index contributed by atoms with van der Waals surface area (Å²) in [6.07, 6.45) is 0.235. The highest BCUT2D eigenvalue weighted by atomic mass is 79.9. The fourth-order valence-electron chi connectivity index (χ4n) is 1.74. The van der Waals surface area contributed by atoms with E-state index < -0.39 is 0 Å². The fourth-order valence-corrected chi connectivity index (χ4v) is 2.00. The van der Waals surface area contributed by atoms with Crippen LogP contribution in [0.1, 0.15) is 5.56 Å². The third-order valence-electron chi connectivity index (χ3n) is 2.78. The molecule has 2 aromatic rings. The van der Waals surface area contributed by atoms with Crippen molar-refractivity contribution in [2.75, 3.05) is 13.2 Å². The Kier molecular flexibility index (Phi) is 5.75. The molecule has 0 atom stereocenters. The van der Waals surface area contributed by atoms with Crippen molar-refractivity contribution in [1.29, 1.82) is 0 Å². The first-order valence-electron chi connectivity index (χ1n) is 6.53. The number of ether oxygens (including phenoxy) is 1. The standard InChI is InChI=1S/C16H15BrFNO2/c17-13-3-7-15(8-4-13)21-10-9-19-16(20)11-12-1-5-14(18)6-2-12/h1-8H,9-11H2,(H,19,20). The van der Waals surface area contributed by atoms with E-state index in [0.29, 0.717) is 13.2 Å². The molecule has 0 saturated heterocycles. The van der Waals surface area contributed by atoms with Crippen molar-refractivity contribution in [1.82, 2.24) is 5.32 Å². The van der Waals surface area contributed by atoms with Crippen LogP contribution in [0.25, 0.3) is 0 Å². The SMILES string of the molecule is O=C(Cc1ccc(F)cc1)NCCOc1ccc(Br)cc1. The second kappa shape index (κ2) is 7.78. The summed E-state index contributed by atoms with van der Waals surface area (Å²) in [5.41, 5.74) is 0.780. The lowest BCUT2D eigenvalue weighted by atomic mass is 10.1. The van der Waals surface area contributed by atoms with Gasteiger partial charge in [-0.2, -0.15) is 0 Å². The molecule has 2 aromatic carbocycles. The van der Waals surface area contributed by atoms with Crippen molar-refractivity contribution in [3.05, 3.63) is 64.4 Å². The fraction of sp³-hybridized carbons (Fsp3) is 0.188. The van der Waals surface area contributed by atoms with E-state index in [1.54, 1.807) is 12.1 Å². The van der Waals surface area contributed by atoms with Gasteiger partial charge in [0.1, 0.15) is 18.2 Å². The van der Waals surface area contributed by atoms with Crippen LogP contribution in [0, 0.1) is 5.82 Å². The minimum Gasteiger partial charge on any atom is -0.492 e. The molecule has 0 aliphatic rings. The van der Waals surface area contributed by atoms with Gasteiger partial charge in [-0.05, 0) is 42.0 Å². The van der Waals surface area contributed by atoms with Gasteiger partial charge < -0.3 is 10.1 Å². The molecule has 1 amide bonds. The van der Waals surface area contributed by atoms with Crippen molar-refractivity contribution in [2.24, 2.45) is 0 Å². The zero-order chi connectivity index (χ0) is 15.1. The average molecular weight is 352 g/mol. The molecule has 5 heteroatoms. The van der Waals surface area contributed by atoms with E-state index in [0.717, 1.165) is 15.8 Å². The maximum Gasteiger partial charge on any atom is 0.224 e. The van der Waals surface area contributed by atoms with E-state index in [-0.39, 0.29) is 18.1 Å². The van der Waals surface area contributed by atoms with Gasteiger partial charge in [-0.25, -0.2) is 4.39 Å². The molecule has 0 radical (unpaired) electrons. The molecule has 0 unspecified atom stereocenters. The van der Waals surface area contributed by atoms with Crippen LogP contribution in [0.5, 0.6) is 5.75 Å². The molecule has 0 fully saturated rings. The molecule has 0 bridgehead atoms. The summed E-state index contributed by atoms with van der Waals surface area (Å²) in [6.45, 7) is 0.826. The minimum absolute atomic E-state index is 0.110. The van der Waals surface area contributed by atoms with Crippen molar-refractivity contribution < 1.29 is 13.9 Å². The molecule has 1 N–H and O–H groups in total. The number of carbonyl (C=O) groups excluding carboxylic acids is 1. The van der Waals surface area contributed by atoms with Gasteiger partial charge in [0.2, 0.25) is 5.91 Å². The Bertz CT molecular complexity index is 584.